The van der Waals surface area contributed by atoms with Crippen molar-refractivity contribution in [2.24, 2.45) is 0 Å². The van der Waals surface area contributed by atoms with Crippen LogP contribution in [0.5, 0.6) is 0 Å². The highest BCUT2D eigenvalue weighted by atomic mass is 32.2. The summed E-state index contributed by atoms with van der Waals surface area (Å²) >= 11 is 1.32. The van der Waals surface area contributed by atoms with Crippen molar-refractivity contribution >= 4 is 23.4 Å². The lowest BCUT2D eigenvalue weighted by Gasteiger charge is -2.14. The van der Waals surface area contributed by atoms with E-state index in [9.17, 15) is 9.18 Å². The number of anilines is 1. The number of halogens is 1. The Balaban J connectivity index is 1.58. The molecule has 0 fully saturated rings. The van der Waals surface area contributed by atoms with Crippen LogP contribution in [0.3, 0.4) is 0 Å². The summed E-state index contributed by atoms with van der Waals surface area (Å²) in [5.41, 5.74) is 2.49. The lowest BCUT2D eigenvalue weighted by atomic mass is 10.2. The molecule has 1 atom stereocenters. The van der Waals surface area contributed by atoms with Crippen molar-refractivity contribution in [2.45, 2.75) is 30.8 Å². The number of carbonyl (C=O) groups excluding carboxylic acids is 1. The average Bonchev–Trinajstić information content (AvgIpc) is 3.36. The van der Waals surface area contributed by atoms with Gasteiger partial charge in [-0.2, -0.15) is 0 Å². The molecule has 0 unspecified atom stereocenters. The van der Waals surface area contributed by atoms with Gasteiger partial charge in [-0.3, -0.25) is 9.36 Å². The maximum atomic E-state index is 13.1. The van der Waals surface area contributed by atoms with E-state index in [-0.39, 0.29) is 11.7 Å². The fourth-order valence-corrected chi connectivity index (χ4v) is 3.94. The molecular weight excluding hydrogens is 415 g/mol. The van der Waals surface area contributed by atoms with Gasteiger partial charge < -0.3 is 9.73 Å². The Morgan fingerprint density at radius 1 is 1.13 bits per heavy atom. The van der Waals surface area contributed by atoms with E-state index in [0.717, 1.165) is 16.9 Å². The van der Waals surface area contributed by atoms with Crippen LogP contribution in [0.25, 0.3) is 11.4 Å². The molecule has 0 aliphatic carbocycles. The van der Waals surface area contributed by atoms with Gasteiger partial charge in [-0.05, 0) is 49.7 Å². The highest BCUT2D eigenvalue weighted by Gasteiger charge is 2.22. The van der Waals surface area contributed by atoms with E-state index in [2.05, 4.69) is 15.5 Å². The molecule has 2 aromatic carbocycles. The van der Waals surface area contributed by atoms with Crippen molar-refractivity contribution in [3.05, 3.63) is 84.1 Å². The minimum absolute atomic E-state index is 0.202. The number of rotatable bonds is 7. The first-order chi connectivity index (χ1) is 15.0. The van der Waals surface area contributed by atoms with Crippen LogP contribution in [-0.2, 0) is 11.3 Å². The van der Waals surface area contributed by atoms with E-state index >= 15 is 0 Å². The van der Waals surface area contributed by atoms with Gasteiger partial charge in [0.15, 0.2) is 11.0 Å². The molecule has 0 radical (unpaired) electrons. The highest BCUT2D eigenvalue weighted by molar-refractivity contribution is 8.00. The van der Waals surface area contributed by atoms with E-state index in [0.29, 0.717) is 23.2 Å². The maximum Gasteiger partial charge on any atom is 0.237 e. The van der Waals surface area contributed by atoms with Gasteiger partial charge in [-0.1, -0.05) is 42.1 Å². The third-order valence-electron chi connectivity index (χ3n) is 4.76. The molecule has 158 valence electrons. The molecule has 0 saturated heterocycles. The number of nitrogens with one attached hydrogen (secondary N) is 1. The lowest BCUT2D eigenvalue weighted by Crippen LogP contribution is -2.23. The molecule has 2 aromatic heterocycles. The van der Waals surface area contributed by atoms with Crippen LogP contribution in [0, 0.1) is 12.7 Å². The third-order valence-corrected chi connectivity index (χ3v) is 5.84. The molecule has 6 nitrogen and oxygen atoms in total. The van der Waals surface area contributed by atoms with Crippen LogP contribution >= 0.6 is 11.8 Å². The predicted molar refractivity (Wildman–Crippen MR) is 118 cm³/mol. The fourth-order valence-electron chi connectivity index (χ4n) is 3.09. The van der Waals surface area contributed by atoms with E-state index in [4.69, 9.17) is 4.42 Å². The Kier molecular flexibility index (Phi) is 6.18. The summed E-state index contributed by atoms with van der Waals surface area (Å²) in [6, 6.07) is 17.5. The van der Waals surface area contributed by atoms with Gasteiger partial charge in [-0.25, -0.2) is 4.39 Å². The summed E-state index contributed by atoms with van der Waals surface area (Å²) in [5.74, 6) is 0.882. The van der Waals surface area contributed by atoms with E-state index < -0.39 is 5.25 Å². The largest absolute Gasteiger partial charge is 0.469 e. The first-order valence-electron chi connectivity index (χ1n) is 9.76. The second-order valence-electron chi connectivity index (χ2n) is 7.02. The smallest absolute Gasteiger partial charge is 0.237 e. The number of hydrogen-bond acceptors (Lipinski definition) is 5. The van der Waals surface area contributed by atoms with Gasteiger partial charge in [0, 0.05) is 5.69 Å². The standard InChI is InChI=1S/C23H21FN4O2S/c1-15-20(12-13-30-15)21-26-27-23(28(21)14-17-6-4-3-5-7-17)31-16(2)22(29)25-19-10-8-18(24)9-11-19/h3-13,16H,14H2,1-2H3,(H,25,29)/t16-/m0/s1. The van der Waals surface area contributed by atoms with Crippen LogP contribution in [0.15, 0.2) is 76.5 Å². The zero-order chi connectivity index (χ0) is 21.8. The summed E-state index contributed by atoms with van der Waals surface area (Å²) < 4.78 is 20.5. The minimum atomic E-state index is -0.443. The number of hydrogen-bond donors (Lipinski definition) is 1. The van der Waals surface area contributed by atoms with Crippen molar-refractivity contribution < 1.29 is 13.6 Å². The zero-order valence-corrected chi connectivity index (χ0v) is 17.9. The second kappa shape index (κ2) is 9.18. The molecule has 2 heterocycles. The Morgan fingerprint density at radius 3 is 2.55 bits per heavy atom. The number of nitrogens with zero attached hydrogens (tertiary/aromatic N) is 3. The molecule has 0 saturated carbocycles. The van der Waals surface area contributed by atoms with Gasteiger partial charge in [0.05, 0.1) is 23.6 Å². The predicted octanol–water partition coefficient (Wildman–Crippen LogP) is 5.15. The van der Waals surface area contributed by atoms with Crippen LogP contribution in [0.2, 0.25) is 0 Å². The van der Waals surface area contributed by atoms with Crippen molar-refractivity contribution in [3.63, 3.8) is 0 Å². The van der Waals surface area contributed by atoms with Crippen molar-refractivity contribution in [1.82, 2.24) is 14.8 Å². The number of benzene rings is 2. The normalized spacial score (nSPS) is 12.0. The Labute approximate surface area is 183 Å². The number of amides is 1. The van der Waals surface area contributed by atoms with Gasteiger partial charge in [0.2, 0.25) is 5.91 Å². The quantitative estimate of drug-likeness (QED) is 0.406. The Morgan fingerprint density at radius 2 is 1.87 bits per heavy atom. The van der Waals surface area contributed by atoms with Crippen molar-refractivity contribution in [3.8, 4) is 11.4 Å². The number of carbonyl (C=O) groups is 1. The fraction of sp³-hybridized carbons (Fsp3) is 0.174. The van der Waals surface area contributed by atoms with Crippen LogP contribution < -0.4 is 5.32 Å². The Hall–Kier alpha value is -3.39. The monoisotopic (exact) mass is 436 g/mol. The van der Waals surface area contributed by atoms with E-state index in [1.165, 1.54) is 36.0 Å². The topological polar surface area (TPSA) is 72.9 Å². The molecule has 4 aromatic rings. The molecule has 4 rings (SSSR count). The van der Waals surface area contributed by atoms with Crippen LogP contribution in [0.4, 0.5) is 10.1 Å². The molecule has 0 bridgehead atoms. The van der Waals surface area contributed by atoms with E-state index in [1.807, 2.05) is 47.9 Å². The molecule has 0 aliphatic rings. The average molecular weight is 437 g/mol. The summed E-state index contributed by atoms with van der Waals surface area (Å²) in [6.45, 7) is 4.23. The SMILES string of the molecule is Cc1occc1-c1nnc(S[C@@H](C)C(=O)Nc2ccc(F)cc2)n1Cc1ccccc1. The maximum absolute atomic E-state index is 13.1. The molecule has 1 N–H and O–H groups in total. The number of thioether (sulfide) groups is 1. The molecule has 31 heavy (non-hydrogen) atoms. The van der Waals surface area contributed by atoms with E-state index in [1.54, 1.807) is 13.2 Å². The first kappa shape index (κ1) is 20.9. The number of aromatic nitrogens is 3. The number of aryl methyl sites for hydroxylation is 1. The summed E-state index contributed by atoms with van der Waals surface area (Å²) in [6.07, 6.45) is 1.62. The second-order valence-corrected chi connectivity index (χ2v) is 8.33. The summed E-state index contributed by atoms with van der Waals surface area (Å²) in [7, 11) is 0. The summed E-state index contributed by atoms with van der Waals surface area (Å²) in [5, 5.41) is 11.7. The van der Waals surface area contributed by atoms with Gasteiger partial charge in [0.1, 0.15) is 11.6 Å². The zero-order valence-electron chi connectivity index (χ0n) is 17.1. The van der Waals surface area contributed by atoms with Gasteiger partial charge in [-0.15, -0.1) is 10.2 Å². The van der Waals surface area contributed by atoms with Crippen LogP contribution in [0.1, 0.15) is 18.2 Å². The molecular formula is C23H21FN4O2S. The Bertz CT molecular complexity index is 1170. The van der Waals surface area contributed by atoms with Crippen molar-refractivity contribution in [1.29, 1.82) is 0 Å². The molecule has 1 amide bonds. The highest BCUT2D eigenvalue weighted by Crippen LogP contribution is 2.30. The minimum Gasteiger partial charge on any atom is -0.469 e. The molecule has 0 aliphatic heterocycles. The molecule has 0 spiro atoms. The lowest BCUT2D eigenvalue weighted by molar-refractivity contribution is -0.115. The van der Waals surface area contributed by atoms with Crippen molar-refractivity contribution in [2.75, 3.05) is 5.32 Å². The number of furan rings is 1. The summed E-state index contributed by atoms with van der Waals surface area (Å²) in [4.78, 5) is 12.7. The van der Waals surface area contributed by atoms with Crippen LogP contribution in [-0.4, -0.2) is 25.9 Å². The third kappa shape index (κ3) is 4.86. The molecule has 8 heteroatoms. The first-order valence-corrected chi connectivity index (χ1v) is 10.6. The van der Waals surface area contributed by atoms with Gasteiger partial charge >= 0.3 is 0 Å². The van der Waals surface area contributed by atoms with Gasteiger partial charge in [0.25, 0.3) is 0 Å².